The minimum atomic E-state index is -2.22. The molecule has 2 fully saturated rings. The van der Waals surface area contributed by atoms with Crippen molar-refractivity contribution < 1.29 is 18.1 Å². The fourth-order valence-electron chi connectivity index (χ4n) is 5.79. The van der Waals surface area contributed by atoms with Gasteiger partial charge in [0.25, 0.3) is 14.3 Å². The van der Waals surface area contributed by atoms with Crippen LogP contribution in [0.15, 0.2) is 0 Å². The molecule has 2 aliphatic carbocycles. The van der Waals surface area contributed by atoms with Crippen molar-refractivity contribution >= 4 is 23.6 Å². The zero-order chi connectivity index (χ0) is 21.3. The maximum atomic E-state index is 13.8. The molecule has 1 atom stereocenters. The predicted octanol–water partition coefficient (Wildman–Crippen LogP) is 6.90. The zero-order valence-corrected chi connectivity index (χ0v) is 21.7. The summed E-state index contributed by atoms with van der Waals surface area (Å²) in [6, 6.07) is 1.16. The molecular weight excluding hydrogens is 396 g/mol. The third kappa shape index (κ3) is 5.75. The summed E-state index contributed by atoms with van der Waals surface area (Å²) in [6.07, 6.45) is 16.1. The van der Waals surface area contributed by atoms with Crippen LogP contribution in [0.4, 0.5) is 0 Å². The van der Waals surface area contributed by atoms with Gasteiger partial charge < -0.3 is 13.3 Å². The Bertz CT molecular complexity index is 467. The first-order valence-electron chi connectivity index (χ1n) is 12.2. The van der Waals surface area contributed by atoms with Crippen LogP contribution in [-0.4, -0.2) is 37.8 Å². The Labute approximate surface area is 182 Å². The summed E-state index contributed by atoms with van der Waals surface area (Å²) in [6.45, 7) is 6.35. The number of carbonyl (C=O) groups is 1. The molecule has 0 N–H and O–H groups in total. The summed E-state index contributed by atoms with van der Waals surface area (Å²) in [4.78, 5) is 13.8. The summed E-state index contributed by atoms with van der Waals surface area (Å²) < 4.78 is 18.2. The zero-order valence-electron chi connectivity index (χ0n) is 19.7. The van der Waals surface area contributed by atoms with Crippen molar-refractivity contribution in [3.05, 3.63) is 0 Å². The number of hydrogen-bond acceptors (Lipinski definition) is 4. The van der Waals surface area contributed by atoms with Gasteiger partial charge in [-0.3, -0.25) is 4.79 Å². The van der Waals surface area contributed by atoms with Gasteiger partial charge >= 0.3 is 9.28 Å². The molecule has 0 aromatic heterocycles. The van der Waals surface area contributed by atoms with Gasteiger partial charge in [0.15, 0.2) is 0 Å². The maximum absolute atomic E-state index is 13.8. The van der Waals surface area contributed by atoms with Gasteiger partial charge in [-0.15, -0.1) is 0 Å². The first-order chi connectivity index (χ1) is 14.0. The smallest absolute Gasteiger partial charge is 0.402 e. The molecule has 4 nitrogen and oxygen atoms in total. The third-order valence-corrected chi connectivity index (χ3v) is 15.6. The van der Waals surface area contributed by atoms with Crippen LogP contribution in [0.2, 0.25) is 22.2 Å². The van der Waals surface area contributed by atoms with Gasteiger partial charge in [-0.25, -0.2) is 0 Å². The SMILES string of the molecule is CCCC[Si](OC(=O)C(C)(CC)[Si](OC)OC)(C1CCCCC1)C1CCCCC1. The molecular formula is C23H45O4Si2. The molecule has 169 valence electrons. The van der Waals surface area contributed by atoms with Crippen molar-refractivity contribution in [2.45, 2.75) is 126 Å². The van der Waals surface area contributed by atoms with Crippen LogP contribution in [-0.2, 0) is 18.1 Å². The van der Waals surface area contributed by atoms with Crippen molar-refractivity contribution in [1.82, 2.24) is 0 Å². The number of carbonyl (C=O) groups excluding carboxylic acids is 1. The van der Waals surface area contributed by atoms with Crippen molar-refractivity contribution in [3.63, 3.8) is 0 Å². The molecule has 2 aliphatic rings. The van der Waals surface area contributed by atoms with Gasteiger partial charge in [0.1, 0.15) is 5.04 Å². The molecule has 6 heteroatoms. The van der Waals surface area contributed by atoms with Crippen LogP contribution in [0.25, 0.3) is 0 Å². The Balaban J connectivity index is 2.39. The van der Waals surface area contributed by atoms with E-state index in [0.29, 0.717) is 17.5 Å². The Morgan fingerprint density at radius 1 is 0.931 bits per heavy atom. The van der Waals surface area contributed by atoms with Crippen molar-refractivity contribution in [3.8, 4) is 0 Å². The molecule has 0 saturated heterocycles. The van der Waals surface area contributed by atoms with E-state index in [9.17, 15) is 4.79 Å². The lowest BCUT2D eigenvalue weighted by atomic mass is 9.99. The Morgan fingerprint density at radius 2 is 1.41 bits per heavy atom. The first kappa shape index (κ1) is 25.1. The average molecular weight is 442 g/mol. The molecule has 1 unspecified atom stereocenters. The summed E-state index contributed by atoms with van der Waals surface area (Å²) in [5.74, 6) is -0.0171. The lowest BCUT2D eigenvalue weighted by molar-refractivity contribution is -0.140. The van der Waals surface area contributed by atoms with E-state index in [-0.39, 0.29) is 5.97 Å². The third-order valence-electron chi connectivity index (χ3n) is 7.78. The van der Waals surface area contributed by atoms with Gasteiger partial charge in [0, 0.05) is 14.2 Å². The van der Waals surface area contributed by atoms with Gasteiger partial charge in [-0.05, 0) is 56.2 Å². The van der Waals surface area contributed by atoms with Gasteiger partial charge in [-0.2, -0.15) is 0 Å². The lowest BCUT2D eigenvalue weighted by Gasteiger charge is -2.47. The highest BCUT2D eigenvalue weighted by Crippen LogP contribution is 2.52. The minimum absolute atomic E-state index is 0.0171. The topological polar surface area (TPSA) is 44.8 Å². The van der Waals surface area contributed by atoms with Crippen LogP contribution in [0, 0.1) is 0 Å². The number of hydrogen-bond donors (Lipinski definition) is 0. The largest absolute Gasteiger partial charge is 0.518 e. The molecule has 0 aromatic rings. The minimum Gasteiger partial charge on any atom is -0.518 e. The second-order valence-corrected chi connectivity index (χ2v) is 16.2. The van der Waals surface area contributed by atoms with E-state index >= 15 is 0 Å². The van der Waals surface area contributed by atoms with E-state index < -0.39 is 22.6 Å². The van der Waals surface area contributed by atoms with E-state index in [1.807, 2.05) is 6.92 Å². The summed E-state index contributed by atoms with van der Waals surface area (Å²) in [7, 11) is -0.594. The van der Waals surface area contributed by atoms with Gasteiger partial charge in [-0.1, -0.05) is 65.2 Å². The van der Waals surface area contributed by atoms with Crippen molar-refractivity contribution in [1.29, 1.82) is 0 Å². The lowest BCUT2D eigenvalue weighted by Crippen LogP contribution is -2.54. The van der Waals surface area contributed by atoms with Gasteiger partial charge in [0.05, 0.1) is 0 Å². The highest BCUT2D eigenvalue weighted by Gasteiger charge is 2.55. The monoisotopic (exact) mass is 441 g/mol. The Morgan fingerprint density at radius 3 is 1.79 bits per heavy atom. The standard InChI is InChI=1S/C23H45O4Si2/c1-6-8-19-29(20-15-11-9-12-16-20,21-17-13-10-14-18-21)27-22(24)23(3,7-2)28(25-4)26-5/h20-21H,6-19H2,1-5H3. The highest BCUT2D eigenvalue weighted by atomic mass is 28.4. The second-order valence-electron chi connectivity index (χ2n) is 9.50. The van der Waals surface area contributed by atoms with Crippen LogP contribution in [0.1, 0.15) is 104 Å². The molecule has 2 rings (SSSR count). The molecule has 1 radical (unpaired) electrons. The predicted molar refractivity (Wildman–Crippen MR) is 124 cm³/mol. The Kier molecular flexibility index (Phi) is 10.4. The summed E-state index contributed by atoms with van der Waals surface area (Å²) in [5, 5.41) is -0.651. The summed E-state index contributed by atoms with van der Waals surface area (Å²) in [5.41, 5.74) is 1.30. The maximum Gasteiger partial charge on any atom is 0.402 e. The van der Waals surface area contributed by atoms with Crippen LogP contribution < -0.4 is 0 Å². The van der Waals surface area contributed by atoms with Crippen LogP contribution in [0.5, 0.6) is 0 Å². The molecule has 0 heterocycles. The Hall–Kier alpha value is -0.176. The molecule has 0 aliphatic heterocycles. The molecule has 0 amide bonds. The molecule has 0 spiro atoms. The molecule has 2 saturated carbocycles. The molecule has 0 aromatic carbocycles. The first-order valence-corrected chi connectivity index (χ1v) is 15.8. The van der Waals surface area contributed by atoms with Crippen LogP contribution in [0.3, 0.4) is 0 Å². The van der Waals surface area contributed by atoms with E-state index in [0.717, 1.165) is 6.04 Å². The van der Waals surface area contributed by atoms with E-state index in [4.69, 9.17) is 13.3 Å². The molecule has 29 heavy (non-hydrogen) atoms. The highest BCUT2D eigenvalue weighted by molar-refractivity contribution is 6.78. The molecule has 0 bridgehead atoms. The number of unbranched alkanes of at least 4 members (excludes halogenated alkanes) is 1. The van der Waals surface area contributed by atoms with Gasteiger partial charge in [0.2, 0.25) is 0 Å². The quantitative estimate of drug-likeness (QED) is 0.327. The van der Waals surface area contributed by atoms with E-state index in [1.54, 1.807) is 14.2 Å². The average Bonchev–Trinajstić information content (AvgIpc) is 2.78. The van der Waals surface area contributed by atoms with E-state index in [1.165, 1.54) is 77.0 Å². The van der Waals surface area contributed by atoms with Crippen LogP contribution >= 0.6 is 0 Å². The normalized spacial score (nSPS) is 21.9. The van der Waals surface area contributed by atoms with Crippen molar-refractivity contribution in [2.75, 3.05) is 14.2 Å². The fourth-order valence-corrected chi connectivity index (χ4v) is 13.6. The van der Waals surface area contributed by atoms with Crippen molar-refractivity contribution in [2.24, 2.45) is 0 Å². The second kappa shape index (κ2) is 12.0. The number of rotatable bonds is 11. The summed E-state index contributed by atoms with van der Waals surface area (Å²) >= 11 is 0. The van der Waals surface area contributed by atoms with E-state index in [2.05, 4.69) is 13.8 Å². The fraction of sp³-hybridized carbons (Fsp3) is 0.957.